The SMILES string of the molecule is CC1(C)CCC(CN2CCc3ccccc3C2)C1O. The lowest BCUT2D eigenvalue weighted by Crippen LogP contribution is -2.39. The topological polar surface area (TPSA) is 23.5 Å². The smallest absolute Gasteiger partial charge is 0.0631 e. The molecule has 1 aromatic carbocycles. The van der Waals surface area contributed by atoms with Crippen molar-refractivity contribution in [2.45, 2.75) is 45.8 Å². The summed E-state index contributed by atoms with van der Waals surface area (Å²) in [7, 11) is 0. The van der Waals surface area contributed by atoms with Crippen molar-refractivity contribution in [3.8, 4) is 0 Å². The third-order valence-electron chi connectivity index (χ3n) is 5.11. The van der Waals surface area contributed by atoms with Crippen LogP contribution in [0.15, 0.2) is 24.3 Å². The minimum Gasteiger partial charge on any atom is -0.392 e. The zero-order chi connectivity index (χ0) is 13.5. The molecule has 1 fully saturated rings. The van der Waals surface area contributed by atoms with Crippen LogP contribution in [0.5, 0.6) is 0 Å². The second-order valence-electron chi connectivity index (χ2n) is 6.99. The molecule has 1 heterocycles. The van der Waals surface area contributed by atoms with Gasteiger partial charge >= 0.3 is 0 Å². The standard InChI is InChI=1S/C17H25NO/c1-17(2)9-7-15(16(17)19)12-18-10-8-13-5-3-4-6-14(13)11-18/h3-6,15-16,19H,7-12H2,1-2H3. The van der Waals surface area contributed by atoms with E-state index in [1.54, 1.807) is 0 Å². The van der Waals surface area contributed by atoms with E-state index in [1.807, 2.05) is 0 Å². The summed E-state index contributed by atoms with van der Waals surface area (Å²) in [5.74, 6) is 0.459. The summed E-state index contributed by atoms with van der Waals surface area (Å²) in [5, 5.41) is 10.4. The molecular weight excluding hydrogens is 234 g/mol. The van der Waals surface area contributed by atoms with E-state index < -0.39 is 0 Å². The van der Waals surface area contributed by atoms with Gasteiger partial charge in [-0.2, -0.15) is 0 Å². The van der Waals surface area contributed by atoms with E-state index in [2.05, 4.69) is 43.0 Å². The van der Waals surface area contributed by atoms with Gasteiger partial charge in [0.1, 0.15) is 0 Å². The van der Waals surface area contributed by atoms with Gasteiger partial charge in [-0.1, -0.05) is 38.1 Å². The molecule has 1 aliphatic heterocycles. The molecule has 2 aliphatic rings. The van der Waals surface area contributed by atoms with Gasteiger partial charge in [0.2, 0.25) is 0 Å². The molecular formula is C17H25NO. The van der Waals surface area contributed by atoms with Crippen molar-refractivity contribution in [1.82, 2.24) is 4.90 Å². The van der Waals surface area contributed by atoms with Crippen LogP contribution in [0.2, 0.25) is 0 Å². The molecule has 0 saturated heterocycles. The first-order valence-electron chi connectivity index (χ1n) is 7.53. The van der Waals surface area contributed by atoms with Crippen molar-refractivity contribution >= 4 is 0 Å². The summed E-state index contributed by atoms with van der Waals surface area (Å²) in [5.41, 5.74) is 3.09. The number of rotatable bonds is 2. The van der Waals surface area contributed by atoms with Crippen LogP contribution in [0.25, 0.3) is 0 Å². The van der Waals surface area contributed by atoms with E-state index in [-0.39, 0.29) is 11.5 Å². The predicted molar refractivity (Wildman–Crippen MR) is 77.9 cm³/mol. The molecule has 1 aromatic rings. The van der Waals surface area contributed by atoms with Crippen molar-refractivity contribution in [2.75, 3.05) is 13.1 Å². The molecule has 0 radical (unpaired) electrons. The summed E-state index contributed by atoms with van der Waals surface area (Å²) in [6.45, 7) is 7.64. The number of nitrogens with zero attached hydrogens (tertiary/aromatic N) is 1. The maximum absolute atomic E-state index is 10.4. The van der Waals surface area contributed by atoms with Gasteiger partial charge in [-0.15, -0.1) is 0 Å². The van der Waals surface area contributed by atoms with Crippen LogP contribution in [0, 0.1) is 11.3 Å². The summed E-state index contributed by atoms with van der Waals surface area (Å²) >= 11 is 0. The lowest BCUT2D eigenvalue weighted by atomic mass is 9.87. The summed E-state index contributed by atoms with van der Waals surface area (Å²) in [4.78, 5) is 2.53. The molecule has 3 rings (SSSR count). The minimum atomic E-state index is -0.135. The third-order valence-corrected chi connectivity index (χ3v) is 5.11. The summed E-state index contributed by atoms with van der Waals surface area (Å²) in [6, 6.07) is 8.77. The van der Waals surface area contributed by atoms with Crippen molar-refractivity contribution in [2.24, 2.45) is 11.3 Å². The fourth-order valence-electron chi connectivity index (χ4n) is 3.73. The Labute approximate surface area is 116 Å². The maximum atomic E-state index is 10.4. The first-order chi connectivity index (χ1) is 9.06. The molecule has 0 bridgehead atoms. The van der Waals surface area contributed by atoms with Gasteiger partial charge in [0.15, 0.2) is 0 Å². The van der Waals surface area contributed by atoms with Crippen LogP contribution in [-0.4, -0.2) is 29.2 Å². The molecule has 0 aromatic heterocycles. The molecule has 104 valence electrons. The van der Waals surface area contributed by atoms with Crippen LogP contribution in [0.4, 0.5) is 0 Å². The Morgan fingerprint density at radius 1 is 1.26 bits per heavy atom. The average Bonchev–Trinajstić information content (AvgIpc) is 2.66. The Balaban J connectivity index is 1.64. The van der Waals surface area contributed by atoms with Crippen LogP contribution >= 0.6 is 0 Å². The highest BCUT2D eigenvalue weighted by Gasteiger charge is 2.41. The normalized spacial score (nSPS) is 30.3. The fourth-order valence-corrected chi connectivity index (χ4v) is 3.73. The second kappa shape index (κ2) is 4.92. The molecule has 2 nitrogen and oxygen atoms in total. The highest BCUT2D eigenvalue weighted by Crippen LogP contribution is 2.41. The highest BCUT2D eigenvalue weighted by atomic mass is 16.3. The van der Waals surface area contributed by atoms with E-state index >= 15 is 0 Å². The van der Waals surface area contributed by atoms with Crippen LogP contribution in [-0.2, 0) is 13.0 Å². The molecule has 0 spiro atoms. The lowest BCUT2D eigenvalue weighted by Gasteiger charge is -2.33. The van der Waals surface area contributed by atoms with E-state index in [0.717, 1.165) is 32.5 Å². The molecule has 0 amide bonds. The Hall–Kier alpha value is -0.860. The third kappa shape index (κ3) is 2.56. The molecule has 19 heavy (non-hydrogen) atoms. The number of hydrogen-bond acceptors (Lipinski definition) is 2. The predicted octanol–water partition coefficient (Wildman–Crippen LogP) is 2.84. The molecule has 2 unspecified atom stereocenters. The second-order valence-corrected chi connectivity index (χ2v) is 6.99. The van der Waals surface area contributed by atoms with E-state index in [9.17, 15) is 5.11 Å². The van der Waals surface area contributed by atoms with Crippen molar-refractivity contribution in [3.63, 3.8) is 0 Å². The molecule has 1 N–H and O–H groups in total. The Morgan fingerprint density at radius 2 is 2.00 bits per heavy atom. The van der Waals surface area contributed by atoms with Crippen molar-refractivity contribution in [1.29, 1.82) is 0 Å². The van der Waals surface area contributed by atoms with Crippen LogP contribution < -0.4 is 0 Å². The zero-order valence-electron chi connectivity index (χ0n) is 12.1. The highest BCUT2D eigenvalue weighted by molar-refractivity contribution is 5.29. The van der Waals surface area contributed by atoms with Gasteiger partial charge in [-0.05, 0) is 41.7 Å². The Kier molecular flexibility index (Phi) is 3.40. The van der Waals surface area contributed by atoms with E-state index in [0.29, 0.717) is 5.92 Å². The van der Waals surface area contributed by atoms with Crippen LogP contribution in [0.3, 0.4) is 0 Å². The largest absolute Gasteiger partial charge is 0.392 e. The first kappa shape index (κ1) is 13.1. The fraction of sp³-hybridized carbons (Fsp3) is 0.647. The van der Waals surface area contributed by atoms with Gasteiger partial charge in [-0.25, -0.2) is 0 Å². The summed E-state index contributed by atoms with van der Waals surface area (Å²) in [6.07, 6.45) is 3.35. The number of fused-ring (bicyclic) bond motifs is 1. The molecule has 1 aliphatic carbocycles. The van der Waals surface area contributed by atoms with Crippen molar-refractivity contribution in [3.05, 3.63) is 35.4 Å². The van der Waals surface area contributed by atoms with Crippen molar-refractivity contribution < 1.29 is 5.11 Å². The Bertz CT molecular complexity index is 454. The lowest BCUT2D eigenvalue weighted by molar-refractivity contribution is 0.0309. The van der Waals surface area contributed by atoms with Gasteiger partial charge in [0, 0.05) is 19.6 Å². The maximum Gasteiger partial charge on any atom is 0.0631 e. The zero-order valence-corrected chi connectivity index (χ0v) is 12.1. The number of hydrogen-bond donors (Lipinski definition) is 1. The minimum absolute atomic E-state index is 0.109. The van der Waals surface area contributed by atoms with Gasteiger partial charge in [-0.3, -0.25) is 4.90 Å². The number of aliphatic hydroxyl groups is 1. The molecule has 2 heteroatoms. The quantitative estimate of drug-likeness (QED) is 0.883. The first-order valence-corrected chi connectivity index (χ1v) is 7.53. The summed E-state index contributed by atoms with van der Waals surface area (Å²) < 4.78 is 0. The molecule has 1 saturated carbocycles. The average molecular weight is 259 g/mol. The van der Waals surface area contributed by atoms with Gasteiger partial charge < -0.3 is 5.11 Å². The van der Waals surface area contributed by atoms with Gasteiger partial charge in [0.05, 0.1) is 6.10 Å². The number of aliphatic hydroxyl groups excluding tert-OH is 1. The molecule has 2 atom stereocenters. The Morgan fingerprint density at radius 3 is 2.68 bits per heavy atom. The van der Waals surface area contributed by atoms with Crippen LogP contribution in [0.1, 0.15) is 37.8 Å². The monoisotopic (exact) mass is 259 g/mol. The van der Waals surface area contributed by atoms with E-state index in [1.165, 1.54) is 17.5 Å². The number of benzene rings is 1. The van der Waals surface area contributed by atoms with Gasteiger partial charge in [0.25, 0.3) is 0 Å². The van der Waals surface area contributed by atoms with E-state index in [4.69, 9.17) is 0 Å².